The maximum absolute atomic E-state index is 12.6. The largest absolute Gasteiger partial charge is 0.481 e. The van der Waals surface area contributed by atoms with Gasteiger partial charge in [-0.1, -0.05) is 12.1 Å². The quantitative estimate of drug-likeness (QED) is 0.787. The minimum Gasteiger partial charge on any atom is -0.481 e. The molecule has 0 saturated carbocycles. The van der Waals surface area contributed by atoms with Crippen molar-refractivity contribution in [3.8, 4) is 0 Å². The SMILES string of the molecule is CC(C(=O)O)C(=Cc1ccc(F)cc1)C(=O)O. The molecule has 2 N–H and O–H groups in total. The Hall–Kier alpha value is -2.17. The number of carboxylic acid groups (broad SMARTS) is 2. The Balaban J connectivity index is 3.10. The number of carboxylic acids is 2. The Kier molecular flexibility index (Phi) is 3.98. The van der Waals surface area contributed by atoms with Crippen LogP contribution in [0.2, 0.25) is 0 Å². The van der Waals surface area contributed by atoms with Gasteiger partial charge in [0.15, 0.2) is 0 Å². The van der Waals surface area contributed by atoms with Gasteiger partial charge in [-0.15, -0.1) is 0 Å². The molecule has 0 aromatic heterocycles. The monoisotopic (exact) mass is 238 g/mol. The van der Waals surface area contributed by atoms with E-state index in [2.05, 4.69) is 0 Å². The molecule has 0 bridgehead atoms. The second-order valence-corrected chi connectivity index (χ2v) is 3.52. The zero-order chi connectivity index (χ0) is 13.0. The molecule has 1 rings (SSSR count). The standard InChI is InChI=1S/C12H11FO4/c1-7(11(14)15)10(12(16)17)6-8-2-4-9(13)5-3-8/h2-7H,1H3,(H,14,15)(H,16,17). The van der Waals surface area contributed by atoms with Gasteiger partial charge in [0.2, 0.25) is 0 Å². The molecule has 0 amide bonds. The molecule has 0 radical (unpaired) electrons. The fraction of sp³-hybridized carbons (Fsp3) is 0.167. The van der Waals surface area contributed by atoms with Crippen molar-refractivity contribution in [3.63, 3.8) is 0 Å². The van der Waals surface area contributed by atoms with E-state index in [1.54, 1.807) is 0 Å². The van der Waals surface area contributed by atoms with Crippen LogP contribution in [-0.2, 0) is 9.59 Å². The molecule has 5 heteroatoms. The van der Waals surface area contributed by atoms with Crippen LogP contribution in [0.5, 0.6) is 0 Å². The zero-order valence-corrected chi connectivity index (χ0v) is 9.05. The molecule has 0 saturated heterocycles. The van der Waals surface area contributed by atoms with Crippen molar-refractivity contribution < 1.29 is 24.2 Å². The van der Waals surface area contributed by atoms with Gasteiger partial charge in [-0.05, 0) is 30.7 Å². The third-order valence-corrected chi connectivity index (χ3v) is 2.28. The molecule has 17 heavy (non-hydrogen) atoms. The lowest BCUT2D eigenvalue weighted by Crippen LogP contribution is -2.18. The third kappa shape index (κ3) is 3.41. The molecule has 0 aliphatic heterocycles. The fourth-order valence-electron chi connectivity index (χ4n) is 1.24. The lowest BCUT2D eigenvalue weighted by molar-refractivity contribution is -0.143. The van der Waals surface area contributed by atoms with E-state index in [1.165, 1.54) is 37.3 Å². The highest BCUT2D eigenvalue weighted by molar-refractivity contribution is 5.98. The van der Waals surface area contributed by atoms with Crippen LogP contribution in [0.25, 0.3) is 6.08 Å². The summed E-state index contributed by atoms with van der Waals surface area (Å²) in [6, 6.07) is 5.12. The molecule has 1 atom stereocenters. The first kappa shape index (κ1) is 12.9. The van der Waals surface area contributed by atoms with Crippen LogP contribution in [0.4, 0.5) is 4.39 Å². The summed E-state index contributed by atoms with van der Waals surface area (Å²) in [5.74, 6) is -4.09. The smallest absolute Gasteiger partial charge is 0.332 e. The number of halogens is 1. The zero-order valence-electron chi connectivity index (χ0n) is 9.05. The Bertz CT molecular complexity index is 462. The van der Waals surface area contributed by atoms with Crippen molar-refractivity contribution in [1.82, 2.24) is 0 Å². The fourth-order valence-corrected chi connectivity index (χ4v) is 1.24. The summed E-state index contributed by atoms with van der Waals surface area (Å²) in [6.45, 7) is 1.28. The van der Waals surface area contributed by atoms with E-state index in [4.69, 9.17) is 10.2 Å². The molecule has 4 nitrogen and oxygen atoms in total. The van der Waals surface area contributed by atoms with Crippen molar-refractivity contribution in [3.05, 3.63) is 41.2 Å². The van der Waals surface area contributed by atoms with E-state index in [0.717, 1.165) is 0 Å². The van der Waals surface area contributed by atoms with Crippen molar-refractivity contribution >= 4 is 18.0 Å². The van der Waals surface area contributed by atoms with E-state index >= 15 is 0 Å². The van der Waals surface area contributed by atoms with Crippen molar-refractivity contribution in [1.29, 1.82) is 0 Å². The van der Waals surface area contributed by atoms with E-state index < -0.39 is 23.7 Å². The molecule has 1 aromatic rings. The summed E-state index contributed by atoms with van der Waals surface area (Å²) in [4.78, 5) is 21.6. The first-order valence-electron chi connectivity index (χ1n) is 4.85. The Morgan fingerprint density at radius 1 is 1.24 bits per heavy atom. The summed E-state index contributed by atoms with van der Waals surface area (Å²) in [5.41, 5.74) is 0.195. The maximum Gasteiger partial charge on any atom is 0.332 e. The van der Waals surface area contributed by atoms with E-state index in [9.17, 15) is 14.0 Å². The highest BCUT2D eigenvalue weighted by atomic mass is 19.1. The first-order valence-corrected chi connectivity index (χ1v) is 4.85. The normalized spacial score (nSPS) is 13.2. The van der Waals surface area contributed by atoms with Gasteiger partial charge >= 0.3 is 11.9 Å². The van der Waals surface area contributed by atoms with Crippen LogP contribution >= 0.6 is 0 Å². The van der Waals surface area contributed by atoms with Gasteiger partial charge in [0.25, 0.3) is 0 Å². The molecule has 0 fully saturated rings. The van der Waals surface area contributed by atoms with Gasteiger partial charge in [-0.25, -0.2) is 9.18 Å². The van der Waals surface area contributed by atoms with Gasteiger partial charge in [0.1, 0.15) is 5.82 Å². The van der Waals surface area contributed by atoms with Crippen LogP contribution in [0.3, 0.4) is 0 Å². The minimum absolute atomic E-state index is 0.246. The maximum atomic E-state index is 12.6. The molecule has 0 spiro atoms. The number of benzene rings is 1. The second-order valence-electron chi connectivity index (χ2n) is 3.52. The van der Waals surface area contributed by atoms with Gasteiger partial charge < -0.3 is 10.2 Å². The second kappa shape index (κ2) is 5.25. The summed E-state index contributed by atoms with van der Waals surface area (Å²) < 4.78 is 12.6. The number of hydrogen-bond acceptors (Lipinski definition) is 2. The lowest BCUT2D eigenvalue weighted by atomic mass is 9.99. The van der Waals surface area contributed by atoms with Gasteiger partial charge in [0.05, 0.1) is 11.5 Å². The average molecular weight is 238 g/mol. The molecule has 1 aromatic carbocycles. The summed E-state index contributed by atoms with van der Waals surface area (Å²) in [6.07, 6.45) is 1.22. The van der Waals surface area contributed by atoms with Gasteiger partial charge in [0, 0.05) is 0 Å². The van der Waals surface area contributed by atoms with Crippen LogP contribution < -0.4 is 0 Å². The topological polar surface area (TPSA) is 74.6 Å². The van der Waals surface area contributed by atoms with Crippen LogP contribution in [-0.4, -0.2) is 22.2 Å². The molecule has 0 aliphatic rings. The van der Waals surface area contributed by atoms with E-state index in [0.29, 0.717) is 5.56 Å². The Morgan fingerprint density at radius 2 is 1.76 bits per heavy atom. The highest BCUT2D eigenvalue weighted by Crippen LogP contribution is 2.16. The summed E-state index contributed by atoms with van der Waals surface area (Å²) in [5, 5.41) is 17.7. The highest BCUT2D eigenvalue weighted by Gasteiger charge is 2.22. The average Bonchev–Trinajstić information content (AvgIpc) is 2.26. The summed E-state index contributed by atoms with van der Waals surface area (Å²) in [7, 11) is 0. The minimum atomic E-state index is -1.30. The predicted molar refractivity (Wildman–Crippen MR) is 58.8 cm³/mol. The molecule has 90 valence electrons. The number of aliphatic carboxylic acids is 2. The van der Waals surface area contributed by atoms with Crippen LogP contribution in [0.15, 0.2) is 29.8 Å². The van der Waals surface area contributed by atoms with Crippen molar-refractivity contribution in [2.24, 2.45) is 5.92 Å². The summed E-state index contributed by atoms with van der Waals surface area (Å²) >= 11 is 0. The van der Waals surface area contributed by atoms with E-state index in [-0.39, 0.29) is 5.57 Å². The lowest BCUT2D eigenvalue weighted by Gasteiger charge is -2.07. The van der Waals surface area contributed by atoms with Crippen molar-refractivity contribution in [2.75, 3.05) is 0 Å². The predicted octanol–water partition coefficient (Wildman–Crippen LogP) is 2.01. The molecular formula is C12H11FO4. The molecule has 0 heterocycles. The molecule has 1 unspecified atom stereocenters. The molecular weight excluding hydrogens is 227 g/mol. The van der Waals surface area contributed by atoms with Gasteiger partial charge in [-0.2, -0.15) is 0 Å². The number of rotatable bonds is 4. The molecule has 0 aliphatic carbocycles. The van der Waals surface area contributed by atoms with Crippen molar-refractivity contribution in [2.45, 2.75) is 6.92 Å². The number of hydrogen-bond donors (Lipinski definition) is 2. The van der Waals surface area contributed by atoms with E-state index in [1.807, 2.05) is 0 Å². The Labute approximate surface area is 97.0 Å². The van der Waals surface area contributed by atoms with Crippen LogP contribution in [0, 0.1) is 11.7 Å². The Morgan fingerprint density at radius 3 is 2.18 bits per heavy atom. The van der Waals surface area contributed by atoms with Gasteiger partial charge in [-0.3, -0.25) is 4.79 Å². The van der Waals surface area contributed by atoms with Crippen LogP contribution in [0.1, 0.15) is 12.5 Å². The third-order valence-electron chi connectivity index (χ3n) is 2.28. The number of carbonyl (C=O) groups is 2. The first-order chi connectivity index (χ1) is 7.91.